The summed E-state index contributed by atoms with van der Waals surface area (Å²) in [6, 6.07) is 6.82. The molecule has 1 unspecified atom stereocenters. The van der Waals surface area contributed by atoms with Crippen molar-refractivity contribution in [3.63, 3.8) is 0 Å². The number of nitrogens with one attached hydrogen (secondary N) is 1. The van der Waals surface area contributed by atoms with Gasteiger partial charge in [-0.25, -0.2) is 0 Å². The van der Waals surface area contributed by atoms with Crippen molar-refractivity contribution in [2.45, 2.75) is 45.3 Å². The number of aliphatic hydroxyl groups is 1. The van der Waals surface area contributed by atoms with Crippen LogP contribution in [0.4, 0.5) is 0 Å². The van der Waals surface area contributed by atoms with E-state index >= 15 is 0 Å². The molecule has 0 amide bonds. The molecule has 1 aromatic rings. The Morgan fingerprint density at radius 2 is 2.12 bits per heavy atom. The third-order valence-corrected chi connectivity index (χ3v) is 3.23. The first kappa shape index (κ1) is 11.6. The summed E-state index contributed by atoms with van der Waals surface area (Å²) < 4.78 is 0. The third-order valence-electron chi connectivity index (χ3n) is 3.23. The second-order valence-electron chi connectivity index (χ2n) is 4.77. The third kappa shape index (κ3) is 3.06. The maximum absolute atomic E-state index is 9.14. The van der Waals surface area contributed by atoms with E-state index in [1.165, 1.54) is 36.0 Å². The summed E-state index contributed by atoms with van der Waals surface area (Å²) in [6.07, 6.45) is 4.44. The molecule has 0 aromatic heterocycles. The number of aliphatic hydroxyl groups excluding tert-OH is 1. The molecule has 0 aliphatic heterocycles. The molecule has 0 saturated heterocycles. The van der Waals surface area contributed by atoms with Gasteiger partial charge in [0.05, 0.1) is 6.10 Å². The predicted octanol–water partition coefficient (Wildman–Crippen LogP) is 2.04. The predicted molar refractivity (Wildman–Crippen MR) is 66.5 cm³/mol. The van der Waals surface area contributed by atoms with E-state index in [4.69, 9.17) is 5.11 Å². The SMILES string of the molecule is CC(O)CCNCc1ccc2c(c1)CCC2. The van der Waals surface area contributed by atoms with Gasteiger partial charge in [-0.1, -0.05) is 18.2 Å². The maximum Gasteiger partial charge on any atom is 0.0524 e. The van der Waals surface area contributed by atoms with Crippen LogP contribution in [0.5, 0.6) is 0 Å². The fourth-order valence-corrected chi connectivity index (χ4v) is 2.28. The van der Waals surface area contributed by atoms with Crippen LogP contribution in [0.15, 0.2) is 18.2 Å². The Hall–Kier alpha value is -0.860. The van der Waals surface area contributed by atoms with Gasteiger partial charge in [0, 0.05) is 6.54 Å². The van der Waals surface area contributed by atoms with E-state index in [2.05, 4.69) is 23.5 Å². The zero-order valence-electron chi connectivity index (χ0n) is 10.00. The fourth-order valence-electron chi connectivity index (χ4n) is 2.28. The number of hydrogen-bond acceptors (Lipinski definition) is 2. The Balaban J connectivity index is 1.81. The number of aryl methyl sites for hydroxylation is 2. The molecule has 1 aliphatic carbocycles. The van der Waals surface area contributed by atoms with Crippen molar-refractivity contribution in [1.29, 1.82) is 0 Å². The molecule has 0 bridgehead atoms. The van der Waals surface area contributed by atoms with Crippen molar-refractivity contribution in [3.05, 3.63) is 34.9 Å². The van der Waals surface area contributed by atoms with Gasteiger partial charge in [0.15, 0.2) is 0 Å². The van der Waals surface area contributed by atoms with E-state index < -0.39 is 0 Å². The zero-order valence-corrected chi connectivity index (χ0v) is 10.00. The van der Waals surface area contributed by atoms with Crippen molar-refractivity contribution in [1.82, 2.24) is 5.32 Å². The van der Waals surface area contributed by atoms with Crippen LogP contribution in [-0.2, 0) is 19.4 Å². The molecular weight excluding hydrogens is 198 g/mol. The fraction of sp³-hybridized carbons (Fsp3) is 0.571. The van der Waals surface area contributed by atoms with Gasteiger partial charge in [-0.05, 0) is 55.8 Å². The van der Waals surface area contributed by atoms with Gasteiger partial charge < -0.3 is 10.4 Å². The van der Waals surface area contributed by atoms with Gasteiger partial charge in [0.1, 0.15) is 0 Å². The first-order chi connectivity index (χ1) is 7.75. The highest BCUT2D eigenvalue weighted by Crippen LogP contribution is 2.22. The summed E-state index contributed by atoms with van der Waals surface area (Å²) in [5.41, 5.74) is 4.44. The highest BCUT2D eigenvalue weighted by Gasteiger charge is 2.10. The normalized spacial score (nSPS) is 16.1. The quantitative estimate of drug-likeness (QED) is 0.743. The smallest absolute Gasteiger partial charge is 0.0524 e. The zero-order chi connectivity index (χ0) is 11.4. The van der Waals surface area contributed by atoms with Crippen molar-refractivity contribution in [2.75, 3.05) is 6.54 Å². The molecule has 2 heteroatoms. The molecular formula is C14H21NO. The lowest BCUT2D eigenvalue weighted by Crippen LogP contribution is -2.18. The largest absolute Gasteiger partial charge is 0.393 e. The molecule has 1 aliphatic rings. The van der Waals surface area contributed by atoms with Gasteiger partial charge in [-0.2, -0.15) is 0 Å². The van der Waals surface area contributed by atoms with Gasteiger partial charge >= 0.3 is 0 Å². The molecule has 1 aromatic carbocycles. The summed E-state index contributed by atoms with van der Waals surface area (Å²) in [5.74, 6) is 0. The van der Waals surface area contributed by atoms with Crippen molar-refractivity contribution < 1.29 is 5.11 Å². The Morgan fingerprint density at radius 3 is 2.94 bits per heavy atom. The summed E-state index contributed by atoms with van der Waals surface area (Å²) >= 11 is 0. The lowest BCUT2D eigenvalue weighted by atomic mass is 10.1. The lowest BCUT2D eigenvalue weighted by molar-refractivity contribution is 0.183. The van der Waals surface area contributed by atoms with E-state index in [-0.39, 0.29) is 6.10 Å². The first-order valence-corrected chi connectivity index (χ1v) is 6.25. The number of fused-ring (bicyclic) bond motifs is 1. The minimum absolute atomic E-state index is 0.201. The number of rotatable bonds is 5. The first-order valence-electron chi connectivity index (χ1n) is 6.25. The van der Waals surface area contributed by atoms with Crippen molar-refractivity contribution >= 4 is 0 Å². The van der Waals surface area contributed by atoms with Crippen molar-refractivity contribution in [2.24, 2.45) is 0 Å². The van der Waals surface area contributed by atoms with Gasteiger partial charge in [-0.15, -0.1) is 0 Å². The molecule has 2 rings (SSSR count). The molecule has 0 radical (unpaired) electrons. The summed E-state index contributed by atoms with van der Waals surface area (Å²) in [6.45, 7) is 3.63. The Morgan fingerprint density at radius 1 is 1.31 bits per heavy atom. The second-order valence-corrected chi connectivity index (χ2v) is 4.77. The molecule has 0 fully saturated rings. The van der Waals surface area contributed by atoms with Crippen molar-refractivity contribution in [3.8, 4) is 0 Å². The van der Waals surface area contributed by atoms with Gasteiger partial charge in [0.2, 0.25) is 0 Å². The van der Waals surface area contributed by atoms with Gasteiger partial charge in [-0.3, -0.25) is 0 Å². The summed E-state index contributed by atoms with van der Waals surface area (Å²) in [4.78, 5) is 0. The molecule has 16 heavy (non-hydrogen) atoms. The molecule has 88 valence electrons. The van der Waals surface area contributed by atoms with Crippen LogP contribution in [-0.4, -0.2) is 17.8 Å². The molecule has 0 saturated carbocycles. The minimum atomic E-state index is -0.201. The van der Waals surface area contributed by atoms with Crippen LogP contribution < -0.4 is 5.32 Å². The highest BCUT2D eigenvalue weighted by atomic mass is 16.3. The van der Waals surface area contributed by atoms with E-state index in [1.54, 1.807) is 0 Å². The topological polar surface area (TPSA) is 32.3 Å². The van der Waals surface area contributed by atoms with E-state index in [1.807, 2.05) is 6.92 Å². The van der Waals surface area contributed by atoms with Crippen LogP contribution in [0.2, 0.25) is 0 Å². The van der Waals surface area contributed by atoms with Crippen LogP contribution >= 0.6 is 0 Å². The standard InChI is InChI=1S/C14H21NO/c1-11(16)7-8-15-10-12-5-6-13-3-2-4-14(13)9-12/h5-6,9,11,15-16H,2-4,7-8,10H2,1H3. The molecule has 2 nitrogen and oxygen atoms in total. The average molecular weight is 219 g/mol. The Labute approximate surface area is 97.7 Å². The van der Waals surface area contributed by atoms with Crippen LogP contribution in [0, 0.1) is 0 Å². The van der Waals surface area contributed by atoms with E-state index in [0.29, 0.717) is 0 Å². The monoisotopic (exact) mass is 219 g/mol. The van der Waals surface area contributed by atoms with Gasteiger partial charge in [0.25, 0.3) is 0 Å². The van der Waals surface area contributed by atoms with Crippen LogP contribution in [0.3, 0.4) is 0 Å². The molecule has 0 spiro atoms. The molecule has 0 heterocycles. The molecule has 1 atom stereocenters. The summed E-state index contributed by atoms with van der Waals surface area (Å²) in [7, 11) is 0. The van der Waals surface area contributed by atoms with E-state index in [0.717, 1.165) is 19.5 Å². The summed E-state index contributed by atoms with van der Waals surface area (Å²) in [5, 5.41) is 12.5. The number of hydrogen-bond donors (Lipinski definition) is 2. The maximum atomic E-state index is 9.14. The number of benzene rings is 1. The Kier molecular flexibility index (Phi) is 3.97. The average Bonchev–Trinajstić information content (AvgIpc) is 2.71. The highest BCUT2D eigenvalue weighted by molar-refractivity contribution is 5.35. The van der Waals surface area contributed by atoms with E-state index in [9.17, 15) is 0 Å². The lowest BCUT2D eigenvalue weighted by Gasteiger charge is -2.08. The molecule has 2 N–H and O–H groups in total. The second kappa shape index (κ2) is 5.46. The van der Waals surface area contributed by atoms with Crippen LogP contribution in [0.25, 0.3) is 0 Å². The van der Waals surface area contributed by atoms with Crippen LogP contribution in [0.1, 0.15) is 36.5 Å². The minimum Gasteiger partial charge on any atom is -0.393 e. The Bertz CT molecular complexity index is 347.